The van der Waals surface area contributed by atoms with Crippen LogP contribution in [-0.2, 0) is 9.53 Å². The summed E-state index contributed by atoms with van der Waals surface area (Å²) in [6, 6.07) is 0. The third-order valence-electron chi connectivity index (χ3n) is 2.50. The van der Waals surface area contributed by atoms with Crippen LogP contribution < -0.4 is 4.90 Å². The minimum absolute atomic E-state index is 0.0558. The zero-order valence-corrected chi connectivity index (χ0v) is 9.52. The van der Waals surface area contributed by atoms with Gasteiger partial charge in [0.2, 0.25) is 5.13 Å². The van der Waals surface area contributed by atoms with Crippen molar-refractivity contribution in [2.45, 2.75) is 18.9 Å². The van der Waals surface area contributed by atoms with Crippen molar-refractivity contribution in [3.8, 4) is 0 Å². The highest BCUT2D eigenvalue weighted by Crippen LogP contribution is 2.21. The van der Waals surface area contributed by atoms with Gasteiger partial charge >= 0.3 is 5.97 Å². The van der Waals surface area contributed by atoms with E-state index in [1.807, 2.05) is 0 Å². The van der Waals surface area contributed by atoms with Crippen LogP contribution in [0.2, 0.25) is 0 Å². The lowest BCUT2D eigenvalue weighted by Gasteiger charge is -2.30. The molecule has 0 bridgehead atoms. The lowest BCUT2D eigenvalue weighted by Crippen LogP contribution is -2.37. The van der Waals surface area contributed by atoms with Crippen LogP contribution in [0.15, 0.2) is 6.33 Å². The molecule has 1 aromatic heterocycles. The summed E-state index contributed by atoms with van der Waals surface area (Å²) in [6.45, 7) is 1.49. The molecule has 1 aromatic rings. The first-order valence-corrected chi connectivity index (χ1v) is 5.88. The number of carbonyl (C=O) groups is 1. The number of rotatable bonds is 4. The lowest BCUT2D eigenvalue weighted by atomic mass is 10.1. The zero-order chi connectivity index (χ0) is 11.4. The summed E-state index contributed by atoms with van der Waals surface area (Å²) in [5.74, 6) is -0.911. The van der Waals surface area contributed by atoms with Crippen molar-refractivity contribution in [1.29, 1.82) is 0 Å². The number of hydrogen-bond acceptors (Lipinski definition) is 6. The van der Waals surface area contributed by atoms with Crippen LogP contribution >= 0.6 is 11.5 Å². The van der Waals surface area contributed by atoms with E-state index >= 15 is 0 Å². The largest absolute Gasteiger partial charge is 0.480 e. The number of piperidine rings is 1. The Labute approximate surface area is 97.0 Å². The number of nitrogens with zero attached hydrogens (tertiary/aromatic N) is 3. The Morgan fingerprint density at radius 2 is 2.38 bits per heavy atom. The lowest BCUT2D eigenvalue weighted by molar-refractivity contribution is -0.144. The summed E-state index contributed by atoms with van der Waals surface area (Å²) in [6.07, 6.45) is 3.28. The fourth-order valence-electron chi connectivity index (χ4n) is 1.71. The molecular formula is C9H13N3O3S. The maximum absolute atomic E-state index is 10.3. The molecule has 88 valence electrons. The van der Waals surface area contributed by atoms with Crippen molar-refractivity contribution in [2.75, 3.05) is 24.6 Å². The molecule has 0 unspecified atom stereocenters. The summed E-state index contributed by atoms with van der Waals surface area (Å²) in [4.78, 5) is 16.6. The molecule has 2 heterocycles. The fourth-order valence-corrected chi connectivity index (χ4v) is 2.29. The minimum atomic E-state index is -0.911. The first kappa shape index (κ1) is 11.3. The highest BCUT2D eigenvalue weighted by atomic mass is 32.1. The number of carboxylic acid groups (broad SMARTS) is 1. The Morgan fingerprint density at radius 1 is 1.62 bits per heavy atom. The van der Waals surface area contributed by atoms with Crippen molar-refractivity contribution >= 4 is 22.6 Å². The van der Waals surface area contributed by atoms with Crippen LogP contribution in [0, 0.1) is 0 Å². The van der Waals surface area contributed by atoms with Gasteiger partial charge in [-0.25, -0.2) is 9.78 Å². The van der Waals surface area contributed by atoms with Gasteiger partial charge in [0.1, 0.15) is 12.9 Å². The van der Waals surface area contributed by atoms with Gasteiger partial charge in [-0.3, -0.25) is 0 Å². The molecule has 1 aliphatic rings. The summed E-state index contributed by atoms with van der Waals surface area (Å²) >= 11 is 1.38. The Kier molecular flexibility index (Phi) is 3.68. The van der Waals surface area contributed by atoms with Gasteiger partial charge in [-0.05, 0) is 12.8 Å². The molecule has 2 rings (SSSR count). The van der Waals surface area contributed by atoms with Crippen LogP contribution in [0.25, 0.3) is 0 Å². The average molecular weight is 243 g/mol. The van der Waals surface area contributed by atoms with E-state index in [4.69, 9.17) is 9.84 Å². The Balaban J connectivity index is 1.76. The Morgan fingerprint density at radius 3 is 2.94 bits per heavy atom. The first-order valence-electron chi connectivity index (χ1n) is 5.10. The van der Waals surface area contributed by atoms with Gasteiger partial charge in [-0.2, -0.15) is 4.37 Å². The molecule has 1 fully saturated rings. The fraction of sp³-hybridized carbons (Fsp3) is 0.667. The predicted octanol–water partition coefficient (Wildman–Crippen LogP) is 0.608. The van der Waals surface area contributed by atoms with E-state index in [2.05, 4.69) is 14.3 Å². The minimum Gasteiger partial charge on any atom is -0.480 e. The molecule has 0 amide bonds. The van der Waals surface area contributed by atoms with Crippen LogP contribution in [-0.4, -0.2) is 46.2 Å². The average Bonchev–Trinajstić information content (AvgIpc) is 2.80. The Hall–Kier alpha value is -1.21. The van der Waals surface area contributed by atoms with Gasteiger partial charge in [0.25, 0.3) is 0 Å². The van der Waals surface area contributed by atoms with Gasteiger partial charge in [0.05, 0.1) is 6.10 Å². The van der Waals surface area contributed by atoms with Crippen molar-refractivity contribution < 1.29 is 14.6 Å². The second-order valence-electron chi connectivity index (χ2n) is 3.61. The van der Waals surface area contributed by atoms with E-state index in [9.17, 15) is 4.79 Å². The number of hydrogen-bond donors (Lipinski definition) is 1. The molecule has 1 N–H and O–H groups in total. The second-order valence-corrected chi connectivity index (χ2v) is 4.37. The smallest absolute Gasteiger partial charge is 0.329 e. The first-order chi connectivity index (χ1) is 7.75. The van der Waals surface area contributed by atoms with E-state index in [1.54, 1.807) is 6.33 Å². The topological polar surface area (TPSA) is 75.6 Å². The molecule has 0 aromatic carbocycles. The van der Waals surface area contributed by atoms with Crippen molar-refractivity contribution in [1.82, 2.24) is 9.36 Å². The number of aromatic nitrogens is 2. The van der Waals surface area contributed by atoms with Crippen molar-refractivity contribution in [2.24, 2.45) is 0 Å². The van der Waals surface area contributed by atoms with Crippen LogP contribution in [0.5, 0.6) is 0 Å². The van der Waals surface area contributed by atoms with Crippen LogP contribution in [0.3, 0.4) is 0 Å². The van der Waals surface area contributed by atoms with Crippen molar-refractivity contribution in [3.05, 3.63) is 6.33 Å². The predicted molar refractivity (Wildman–Crippen MR) is 58.7 cm³/mol. The van der Waals surface area contributed by atoms with E-state index in [1.165, 1.54) is 11.5 Å². The zero-order valence-electron chi connectivity index (χ0n) is 8.70. The van der Waals surface area contributed by atoms with Crippen molar-refractivity contribution in [3.63, 3.8) is 0 Å². The third kappa shape index (κ3) is 2.89. The monoisotopic (exact) mass is 243 g/mol. The molecule has 0 saturated carbocycles. The molecule has 1 saturated heterocycles. The van der Waals surface area contributed by atoms with E-state index in [0.717, 1.165) is 31.1 Å². The highest BCUT2D eigenvalue weighted by molar-refractivity contribution is 7.09. The van der Waals surface area contributed by atoms with Crippen LogP contribution in [0.4, 0.5) is 5.13 Å². The van der Waals surface area contributed by atoms with Gasteiger partial charge in [-0.15, -0.1) is 0 Å². The van der Waals surface area contributed by atoms with Gasteiger partial charge < -0.3 is 14.7 Å². The van der Waals surface area contributed by atoms with E-state index < -0.39 is 5.97 Å². The molecule has 16 heavy (non-hydrogen) atoms. The van der Waals surface area contributed by atoms with Gasteiger partial charge in [-0.1, -0.05) is 0 Å². The normalized spacial score (nSPS) is 17.6. The maximum atomic E-state index is 10.3. The van der Waals surface area contributed by atoms with Gasteiger partial charge in [0, 0.05) is 24.6 Å². The molecule has 7 heteroatoms. The summed E-state index contributed by atoms with van der Waals surface area (Å²) < 4.78 is 9.21. The number of carboxylic acids is 1. The third-order valence-corrected chi connectivity index (χ3v) is 3.23. The maximum Gasteiger partial charge on any atom is 0.329 e. The van der Waals surface area contributed by atoms with Gasteiger partial charge in [0.15, 0.2) is 0 Å². The molecule has 0 radical (unpaired) electrons. The quantitative estimate of drug-likeness (QED) is 0.835. The molecule has 1 aliphatic heterocycles. The molecule has 6 nitrogen and oxygen atoms in total. The van der Waals surface area contributed by atoms with Crippen LogP contribution in [0.1, 0.15) is 12.8 Å². The summed E-state index contributed by atoms with van der Waals surface area (Å²) in [5, 5.41) is 9.42. The molecular weight excluding hydrogens is 230 g/mol. The van der Waals surface area contributed by atoms with E-state index in [0.29, 0.717) is 0 Å². The second kappa shape index (κ2) is 5.22. The molecule has 0 atom stereocenters. The SMILES string of the molecule is O=C(O)COC1CCN(c2ncns2)CC1. The summed E-state index contributed by atoms with van der Waals surface area (Å²) in [7, 11) is 0. The summed E-state index contributed by atoms with van der Waals surface area (Å²) in [5.41, 5.74) is 0. The highest BCUT2D eigenvalue weighted by Gasteiger charge is 2.21. The number of anilines is 1. The number of ether oxygens (including phenoxy) is 1. The molecule has 0 spiro atoms. The Bertz CT molecular complexity index is 336. The standard InChI is InChI=1S/C9H13N3O3S/c13-8(14)5-15-7-1-3-12(4-2-7)9-10-6-11-16-9/h6-7H,1-5H2,(H,13,14). The van der Waals surface area contributed by atoms with E-state index in [-0.39, 0.29) is 12.7 Å². The number of aliphatic carboxylic acids is 1. The molecule has 0 aliphatic carbocycles.